The number of carbonyl (C=O) groups excluding carboxylic acids is 4. The van der Waals surface area contributed by atoms with Crippen molar-refractivity contribution in [3.63, 3.8) is 0 Å². The van der Waals surface area contributed by atoms with Crippen LogP contribution < -0.4 is 51.4 Å². The molecule has 1 aliphatic carbocycles. The van der Waals surface area contributed by atoms with E-state index in [0.29, 0.717) is 5.56 Å². The maximum Gasteiger partial charge on any atom is 1.00 e. The van der Waals surface area contributed by atoms with E-state index in [1.54, 1.807) is 54.6 Å². The van der Waals surface area contributed by atoms with E-state index in [4.69, 9.17) is 0 Å². The molecule has 0 amide bonds. The molecule has 2 aromatic carbocycles. The summed E-state index contributed by atoms with van der Waals surface area (Å²) in [6.45, 7) is 2.48. The fourth-order valence-corrected chi connectivity index (χ4v) is 3.43. The van der Waals surface area contributed by atoms with Gasteiger partial charge in [-0.2, -0.15) is 0 Å². The van der Waals surface area contributed by atoms with Crippen LogP contribution in [0.5, 0.6) is 0 Å². The second-order valence-electron chi connectivity index (χ2n) is 5.81. The standard InChI is InChI=1S/C20H15O4.K/c1-12(21)20(13(2)22,14-8-4-3-5-9-14)17-18(23)15-10-6-7-11-16(15)19(17)24;/h3-11H,1-2H3;/q-1;+1. The first-order chi connectivity index (χ1) is 11.4. The van der Waals surface area contributed by atoms with Crippen LogP contribution in [0.2, 0.25) is 0 Å². The van der Waals surface area contributed by atoms with E-state index < -0.39 is 28.5 Å². The van der Waals surface area contributed by atoms with Crippen molar-refractivity contribution in [2.75, 3.05) is 0 Å². The molecule has 0 spiro atoms. The minimum Gasteiger partial charge on any atom is -0.319 e. The molecule has 1 aliphatic rings. The normalized spacial score (nSPS) is 13.3. The molecule has 0 N–H and O–H groups in total. The Bertz CT molecular complexity index is 821. The molecular formula is C20H15KO4. The maximum absolute atomic E-state index is 12.9. The third kappa shape index (κ3) is 2.90. The number of Topliss-reactive ketones (excluding diaryl/α,β-unsaturated/α-hetero) is 4. The quantitative estimate of drug-likeness (QED) is 0.430. The van der Waals surface area contributed by atoms with E-state index >= 15 is 0 Å². The van der Waals surface area contributed by atoms with Crippen molar-refractivity contribution in [1.29, 1.82) is 0 Å². The molecule has 2 aromatic rings. The van der Waals surface area contributed by atoms with Crippen molar-refractivity contribution in [1.82, 2.24) is 0 Å². The number of rotatable bonds is 4. The van der Waals surface area contributed by atoms with Crippen molar-refractivity contribution in [3.05, 3.63) is 77.2 Å². The molecule has 0 fully saturated rings. The molecule has 0 saturated carbocycles. The van der Waals surface area contributed by atoms with Crippen LogP contribution in [0.25, 0.3) is 0 Å². The maximum atomic E-state index is 12.9. The summed E-state index contributed by atoms with van der Waals surface area (Å²) >= 11 is 0. The molecule has 120 valence electrons. The fraction of sp³-hybridized carbons (Fsp3) is 0.150. The van der Waals surface area contributed by atoms with Gasteiger partial charge in [-0.15, -0.1) is 23.3 Å². The number of hydrogen-bond donors (Lipinski definition) is 0. The van der Waals surface area contributed by atoms with Crippen LogP contribution in [0.3, 0.4) is 0 Å². The van der Waals surface area contributed by atoms with E-state index in [-0.39, 0.29) is 68.4 Å². The number of carbonyl (C=O) groups is 4. The SMILES string of the molecule is CC(=O)C(C(C)=O)(c1ccccc1)[C-]1C(=O)c2ccccc2C1=O.[K+]. The Morgan fingerprint density at radius 2 is 1.16 bits per heavy atom. The van der Waals surface area contributed by atoms with E-state index in [1.165, 1.54) is 13.8 Å². The van der Waals surface area contributed by atoms with Gasteiger partial charge in [0.15, 0.2) is 0 Å². The summed E-state index contributed by atoms with van der Waals surface area (Å²) in [6.07, 6.45) is 0. The predicted molar refractivity (Wildman–Crippen MR) is 87.8 cm³/mol. The van der Waals surface area contributed by atoms with Crippen LogP contribution in [-0.2, 0) is 15.0 Å². The zero-order valence-corrected chi connectivity index (χ0v) is 17.5. The van der Waals surface area contributed by atoms with Crippen LogP contribution in [0.4, 0.5) is 0 Å². The molecule has 0 aromatic heterocycles. The summed E-state index contributed by atoms with van der Waals surface area (Å²) in [6, 6.07) is 14.7. The van der Waals surface area contributed by atoms with Gasteiger partial charge in [0.25, 0.3) is 0 Å². The Kier molecular flexibility index (Phi) is 5.96. The average molecular weight is 358 g/mol. The molecule has 5 heteroatoms. The summed E-state index contributed by atoms with van der Waals surface area (Å²) in [5.41, 5.74) is -1.05. The van der Waals surface area contributed by atoms with Gasteiger partial charge < -0.3 is 9.59 Å². The minimum atomic E-state index is -1.87. The summed E-state index contributed by atoms with van der Waals surface area (Å²) in [7, 11) is 0. The van der Waals surface area contributed by atoms with Gasteiger partial charge in [-0.1, -0.05) is 42.5 Å². The van der Waals surface area contributed by atoms with Crippen molar-refractivity contribution in [2.24, 2.45) is 0 Å². The Labute approximate surface area is 188 Å². The summed E-state index contributed by atoms with van der Waals surface area (Å²) in [5, 5.41) is 0. The summed E-state index contributed by atoms with van der Waals surface area (Å²) in [4.78, 5) is 50.9. The first-order valence-corrected chi connectivity index (χ1v) is 7.55. The predicted octanol–water partition coefficient (Wildman–Crippen LogP) is -0.240. The van der Waals surface area contributed by atoms with Gasteiger partial charge >= 0.3 is 51.4 Å². The fourth-order valence-electron chi connectivity index (χ4n) is 3.43. The third-order valence-corrected chi connectivity index (χ3v) is 4.51. The van der Waals surface area contributed by atoms with Gasteiger partial charge in [0.05, 0.1) is 17.0 Å². The number of fused-ring (bicyclic) bond motifs is 1. The Hall–Kier alpha value is -1.37. The van der Waals surface area contributed by atoms with Crippen LogP contribution in [-0.4, -0.2) is 23.1 Å². The molecule has 4 nitrogen and oxygen atoms in total. The first-order valence-electron chi connectivity index (χ1n) is 7.55. The van der Waals surface area contributed by atoms with Crippen molar-refractivity contribution >= 4 is 23.1 Å². The van der Waals surface area contributed by atoms with Crippen LogP contribution in [0.15, 0.2) is 54.6 Å². The van der Waals surface area contributed by atoms with Crippen molar-refractivity contribution < 1.29 is 70.6 Å². The Morgan fingerprint density at radius 3 is 1.56 bits per heavy atom. The zero-order valence-electron chi connectivity index (χ0n) is 14.3. The molecule has 0 heterocycles. The van der Waals surface area contributed by atoms with Gasteiger partial charge in [-0.05, 0) is 25.3 Å². The zero-order chi connectivity index (χ0) is 17.5. The van der Waals surface area contributed by atoms with Crippen LogP contribution in [0, 0.1) is 5.92 Å². The summed E-state index contributed by atoms with van der Waals surface area (Å²) < 4.78 is 0. The molecule has 0 unspecified atom stereocenters. The molecule has 0 atom stereocenters. The molecule has 0 bridgehead atoms. The largest absolute Gasteiger partial charge is 1.00 e. The number of hydrogen-bond acceptors (Lipinski definition) is 4. The smallest absolute Gasteiger partial charge is 0.319 e. The van der Waals surface area contributed by atoms with Gasteiger partial charge in [0.1, 0.15) is 11.6 Å². The van der Waals surface area contributed by atoms with Gasteiger partial charge in [0.2, 0.25) is 0 Å². The number of ketones is 4. The Balaban J connectivity index is 0.00000225. The first kappa shape index (κ1) is 19.9. The van der Waals surface area contributed by atoms with E-state index in [9.17, 15) is 19.2 Å². The topological polar surface area (TPSA) is 68.3 Å². The van der Waals surface area contributed by atoms with E-state index in [0.717, 1.165) is 0 Å². The van der Waals surface area contributed by atoms with Gasteiger partial charge in [-0.25, -0.2) is 0 Å². The molecule has 25 heavy (non-hydrogen) atoms. The molecular weight excluding hydrogens is 343 g/mol. The van der Waals surface area contributed by atoms with E-state index in [1.807, 2.05) is 0 Å². The second-order valence-corrected chi connectivity index (χ2v) is 5.81. The monoisotopic (exact) mass is 358 g/mol. The molecule has 0 radical (unpaired) electrons. The van der Waals surface area contributed by atoms with Crippen molar-refractivity contribution in [2.45, 2.75) is 19.3 Å². The Morgan fingerprint density at radius 1 is 0.760 bits per heavy atom. The molecule has 0 aliphatic heterocycles. The van der Waals surface area contributed by atoms with Crippen LogP contribution >= 0.6 is 0 Å². The number of benzene rings is 2. The minimum absolute atomic E-state index is 0. The van der Waals surface area contributed by atoms with Gasteiger partial charge in [-0.3, -0.25) is 9.59 Å². The average Bonchev–Trinajstić information content (AvgIpc) is 2.82. The van der Waals surface area contributed by atoms with Crippen LogP contribution in [0.1, 0.15) is 40.1 Å². The molecule has 0 saturated heterocycles. The van der Waals surface area contributed by atoms with E-state index in [2.05, 4.69) is 0 Å². The summed E-state index contributed by atoms with van der Waals surface area (Å²) in [5.74, 6) is -2.44. The second kappa shape index (κ2) is 7.47. The van der Waals surface area contributed by atoms with Crippen molar-refractivity contribution in [3.8, 4) is 0 Å². The third-order valence-electron chi connectivity index (χ3n) is 4.51. The molecule has 3 rings (SSSR count). The van der Waals surface area contributed by atoms with Gasteiger partial charge in [0, 0.05) is 0 Å².